The zero-order valence-corrected chi connectivity index (χ0v) is 27.0. The molecule has 8 nitrogen and oxygen atoms in total. The van der Waals surface area contributed by atoms with E-state index in [0.29, 0.717) is 22.0 Å². The zero-order valence-electron chi connectivity index (χ0n) is 23.8. The lowest BCUT2D eigenvalue weighted by molar-refractivity contribution is -0.116. The Labute approximate surface area is 269 Å². The van der Waals surface area contributed by atoms with Gasteiger partial charge in [-0.1, -0.05) is 77.5 Å². The molecule has 0 aliphatic carbocycles. The minimum atomic E-state index is -3.88. The summed E-state index contributed by atoms with van der Waals surface area (Å²) in [5, 5.41) is 6.32. The number of carbonyl (C=O) groups excluding carboxylic acids is 2. The van der Waals surface area contributed by atoms with Crippen LogP contribution in [0.5, 0.6) is 0 Å². The van der Waals surface area contributed by atoms with Crippen LogP contribution in [0.3, 0.4) is 0 Å². The summed E-state index contributed by atoms with van der Waals surface area (Å²) in [7, 11) is -3.88. The number of fused-ring (bicyclic) bond motifs is 1. The summed E-state index contributed by atoms with van der Waals surface area (Å²) in [6.07, 6.45) is -0.113. The highest BCUT2D eigenvalue weighted by atomic mass is 35.5. The normalized spacial score (nSPS) is 12.2. The molecule has 4 aromatic carbocycles. The number of aryl methyl sites for hydroxylation is 2. The molecule has 3 N–H and O–H groups in total. The molecule has 0 unspecified atom stereocenters. The number of aromatic nitrogens is 1. The van der Waals surface area contributed by atoms with Crippen LogP contribution in [0.25, 0.3) is 10.2 Å². The van der Waals surface area contributed by atoms with E-state index < -0.39 is 16.1 Å². The Balaban J connectivity index is 1.23. The van der Waals surface area contributed by atoms with Crippen molar-refractivity contribution < 1.29 is 18.0 Å². The Morgan fingerprint density at radius 1 is 0.909 bits per heavy atom. The number of hydrogen-bond acceptors (Lipinski definition) is 7. The number of nitrogens with zero attached hydrogens (tertiary/aromatic N) is 1. The third kappa shape index (κ3) is 8.25. The molecule has 0 bridgehead atoms. The van der Waals surface area contributed by atoms with Gasteiger partial charge in [0.1, 0.15) is 0 Å². The van der Waals surface area contributed by atoms with E-state index in [0.717, 1.165) is 25.7 Å². The Morgan fingerprint density at radius 3 is 2.41 bits per heavy atom. The van der Waals surface area contributed by atoms with Gasteiger partial charge in [0.2, 0.25) is 21.8 Å². The largest absolute Gasteiger partial charge is 0.326 e. The van der Waals surface area contributed by atoms with E-state index in [-0.39, 0.29) is 28.9 Å². The van der Waals surface area contributed by atoms with Crippen LogP contribution in [0.2, 0.25) is 5.02 Å². The van der Waals surface area contributed by atoms with E-state index in [1.54, 1.807) is 72.8 Å². The summed E-state index contributed by atoms with van der Waals surface area (Å²) < 4.78 is 30.6. The van der Waals surface area contributed by atoms with E-state index in [9.17, 15) is 18.0 Å². The van der Waals surface area contributed by atoms with Crippen molar-refractivity contribution in [3.05, 3.63) is 113 Å². The Kier molecular flexibility index (Phi) is 10.0. The lowest BCUT2D eigenvalue weighted by Crippen LogP contribution is -2.31. The predicted octanol–water partition coefficient (Wildman–Crippen LogP) is 7.35. The van der Waals surface area contributed by atoms with Crippen LogP contribution in [0.4, 0.5) is 11.4 Å². The van der Waals surface area contributed by atoms with E-state index >= 15 is 0 Å². The smallest absolute Gasteiger partial charge is 0.241 e. The molecule has 5 aromatic rings. The second kappa shape index (κ2) is 13.9. The Morgan fingerprint density at radius 2 is 1.66 bits per heavy atom. The molecule has 12 heteroatoms. The van der Waals surface area contributed by atoms with Crippen LogP contribution in [0, 0.1) is 13.8 Å². The fraction of sp³-hybridized carbons (Fsp3) is 0.156. The first-order valence-electron chi connectivity index (χ1n) is 13.6. The monoisotopic (exact) mass is 664 g/mol. The third-order valence-electron chi connectivity index (χ3n) is 6.67. The number of benzene rings is 4. The number of thioether (sulfide) groups is 1. The number of sulfonamides is 1. The summed E-state index contributed by atoms with van der Waals surface area (Å²) in [6.45, 7) is 3.78. The van der Waals surface area contributed by atoms with E-state index in [1.165, 1.54) is 23.1 Å². The van der Waals surface area contributed by atoms with E-state index in [4.69, 9.17) is 11.6 Å². The molecule has 44 heavy (non-hydrogen) atoms. The molecule has 0 aliphatic rings. The molecule has 1 aromatic heterocycles. The van der Waals surface area contributed by atoms with Gasteiger partial charge in [-0.15, -0.1) is 11.3 Å². The lowest BCUT2D eigenvalue weighted by Gasteiger charge is -2.19. The second-order valence-electron chi connectivity index (χ2n) is 10.1. The molecule has 1 heterocycles. The van der Waals surface area contributed by atoms with Crippen molar-refractivity contribution >= 4 is 78.1 Å². The van der Waals surface area contributed by atoms with Gasteiger partial charge >= 0.3 is 0 Å². The van der Waals surface area contributed by atoms with Crippen molar-refractivity contribution in [2.45, 2.75) is 35.5 Å². The maximum Gasteiger partial charge on any atom is 0.241 e. The van der Waals surface area contributed by atoms with Crippen molar-refractivity contribution in [3.8, 4) is 0 Å². The van der Waals surface area contributed by atoms with Crippen LogP contribution in [-0.4, -0.2) is 31.0 Å². The van der Waals surface area contributed by atoms with Crippen LogP contribution in [-0.2, 0) is 19.6 Å². The fourth-order valence-corrected chi connectivity index (χ4v) is 7.67. The summed E-state index contributed by atoms with van der Waals surface area (Å²) in [5.74, 6) is -0.343. The van der Waals surface area contributed by atoms with Gasteiger partial charge < -0.3 is 10.6 Å². The Hall–Kier alpha value is -3.74. The number of nitrogens with one attached hydrogen (secondary N) is 3. The molecule has 0 radical (unpaired) electrons. The maximum atomic E-state index is 13.2. The van der Waals surface area contributed by atoms with Crippen molar-refractivity contribution in [3.63, 3.8) is 0 Å². The van der Waals surface area contributed by atoms with Gasteiger partial charge in [-0.3, -0.25) is 9.59 Å². The van der Waals surface area contributed by atoms with Crippen LogP contribution < -0.4 is 15.4 Å². The molecule has 2 amide bonds. The summed E-state index contributed by atoms with van der Waals surface area (Å²) in [4.78, 5) is 30.4. The van der Waals surface area contributed by atoms with Gasteiger partial charge in [0.15, 0.2) is 4.34 Å². The van der Waals surface area contributed by atoms with Gasteiger partial charge in [-0.25, -0.2) is 18.1 Å². The van der Waals surface area contributed by atoms with Gasteiger partial charge in [0, 0.05) is 22.8 Å². The number of rotatable bonds is 11. The lowest BCUT2D eigenvalue weighted by atomic mass is 10.0. The molecule has 226 valence electrons. The number of hydrogen-bond donors (Lipinski definition) is 3. The third-order valence-corrected chi connectivity index (χ3v) is 10.6. The number of thiazole rings is 1. The minimum absolute atomic E-state index is 0.113. The van der Waals surface area contributed by atoms with Gasteiger partial charge in [-0.05, 0) is 67.4 Å². The molecule has 0 saturated heterocycles. The summed E-state index contributed by atoms with van der Waals surface area (Å²) in [5.41, 5.74) is 4.51. The maximum absolute atomic E-state index is 13.2. The van der Waals surface area contributed by atoms with E-state index in [2.05, 4.69) is 20.3 Å². The molecule has 0 saturated carbocycles. The van der Waals surface area contributed by atoms with Gasteiger partial charge in [-0.2, -0.15) is 0 Å². The van der Waals surface area contributed by atoms with Crippen LogP contribution in [0.15, 0.2) is 100 Å². The summed E-state index contributed by atoms with van der Waals surface area (Å²) in [6, 6.07) is 25.5. The number of halogens is 1. The fourth-order valence-electron chi connectivity index (χ4n) is 4.37. The summed E-state index contributed by atoms with van der Waals surface area (Å²) >= 11 is 8.79. The first kappa shape index (κ1) is 31.7. The van der Waals surface area contributed by atoms with E-state index in [1.807, 2.05) is 32.0 Å². The van der Waals surface area contributed by atoms with Crippen molar-refractivity contribution in [1.82, 2.24) is 9.71 Å². The molecule has 0 spiro atoms. The number of carbonyl (C=O) groups is 2. The second-order valence-corrected chi connectivity index (χ2v) is 14.5. The average molecular weight is 665 g/mol. The molecule has 1 atom stereocenters. The highest BCUT2D eigenvalue weighted by molar-refractivity contribution is 8.01. The van der Waals surface area contributed by atoms with Crippen LogP contribution >= 0.6 is 34.7 Å². The standard InChI is InChI=1S/C32H29ClN4O4S3/c1-20-8-13-25(14-9-20)44(40,41)37-28(22-6-4-3-5-7-22)18-30(38)34-24-12-15-26-29(17-24)43-32(36-26)42-19-31(39)35-27-16-23(33)11-10-21(27)2/h3-17,28,37H,18-19H2,1-2H3,(H,34,38)(H,35,39)/t28-/m0/s1. The average Bonchev–Trinajstić information content (AvgIpc) is 3.40. The SMILES string of the molecule is Cc1ccc(S(=O)(=O)N[C@@H](CC(=O)Nc2ccc3nc(SCC(=O)Nc4cc(Cl)ccc4C)sc3c2)c2ccccc2)cc1. The highest BCUT2D eigenvalue weighted by Crippen LogP contribution is 2.32. The highest BCUT2D eigenvalue weighted by Gasteiger charge is 2.24. The van der Waals surface area contributed by atoms with Crippen molar-refractivity contribution in [2.75, 3.05) is 16.4 Å². The molecule has 0 fully saturated rings. The molecule has 5 rings (SSSR count). The van der Waals surface area contributed by atoms with Crippen molar-refractivity contribution in [2.24, 2.45) is 0 Å². The van der Waals surface area contributed by atoms with Crippen molar-refractivity contribution in [1.29, 1.82) is 0 Å². The number of amides is 2. The number of anilines is 2. The van der Waals surface area contributed by atoms with Gasteiger partial charge in [0.05, 0.1) is 26.9 Å². The molecular formula is C32H29ClN4O4S3. The van der Waals surface area contributed by atoms with Gasteiger partial charge in [0.25, 0.3) is 0 Å². The first-order valence-corrected chi connectivity index (χ1v) is 17.3. The zero-order chi connectivity index (χ0) is 31.3. The molecular weight excluding hydrogens is 636 g/mol. The van der Waals surface area contributed by atoms with Crippen LogP contribution in [0.1, 0.15) is 29.2 Å². The molecule has 0 aliphatic heterocycles. The predicted molar refractivity (Wildman–Crippen MR) is 179 cm³/mol. The quantitative estimate of drug-likeness (QED) is 0.127. The minimum Gasteiger partial charge on any atom is -0.326 e. The Bertz CT molecular complexity index is 1910. The first-order chi connectivity index (χ1) is 21.1. The topological polar surface area (TPSA) is 117 Å².